The van der Waals surface area contributed by atoms with Crippen molar-refractivity contribution in [3.8, 4) is 0 Å². The molecule has 2 amide bonds. The Balaban J connectivity index is 2.04. The minimum Gasteiger partial charge on any atom is -0.302 e. The average Bonchev–Trinajstić information content (AvgIpc) is 2.91. The molecule has 0 radical (unpaired) electrons. The van der Waals surface area contributed by atoms with E-state index in [9.17, 15) is 9.59 Å². The lowest BCUT2D eigenvalue weighted by atomic mass is 10.1. The molecule has 0 aliphatic carbocycles. The maximum Gasteiger partial charge on any atom is 0.268 e. The zero-order valence-electron chi connectivity index (χ0n) is 14.4. The van der Waals surface area contributed by atoms with E-state index in [0.29, 0.717) is 21.2 Å². The molecule has 3 rings (SSSR count). The van der Waals surface area contributed by atoms with Crippen LogP contribution >= 0.6 is 23.2 Å². The van der Waals surface area contributed by atoms with E-state index in [4.69, 9.17) is 28.0 Å². The Morgan fingerprint density at radius 1 is 1.15 bits per heavy atom. The molecule has 0 N–H and O–H groups in total. The molecule has 0 spiro atoms. The lowest BCUT2D eigenvalue weighted by Gasteiger charge is -2.31. The van der Waals surface area contributed by atoms with Gasteiger partial charge in [0.15, 0.2) is 6.17 Å². The van der Waals surface area contributed by atoms with Gasteiger partial charge in [-0.1, -0.05) is 47.5 Å². The second-order valence-electron chi connectivity index (χ2n) is 6.21. The summed E-state index contributed by atoms with van der Waals surface area (Å²) in [6, 6.07) is 13.8. The van der Waals surface area contributed by atoms with Gasteiger partial charge in [0.1, 0.15) is 6.54 Å². The molecule has 1 aliphatic rings. The van der Waals surface area contributed by atoms with Crippen molar-refractivity contribution in [1.82, 2.24) is 9.96 Å². The normalized spacial score (nSPS) is 17.3. The van der Waals surface area contributed by atoms with Crippen LogP contribution < -0.4 is 0 Å². The lowest BCUT2D eigenvalue weighted by molar-refractivity contribution is -0.212. The summed E-state index contributed by atoms with van der Waals surface area (Å²) in [5, 5.41) is 2.06. The molecule has 7 heteroatoms. The molecule has 2 aromatic carbocycles. The number of hydrogen-bond donors (Lipinski definition) is 0. The Morgan fingerprint density at radius 3 is 2.46 bits per heavy atom. The van der Waals surface area contributed by atoms with Crippen LogP contribution in [0.2, 0.25) is 10.0 Å². The van der Waals surface area contributed by atoms with Gasteiger partial charge in [-0.25, -0.2) is 0 Å². The maximum absolute atomic E-state index is 13.0. The molecule has 1 saturated heterocycles. The van der Waals surface area contributed by atoms with Gasteiger partial charge in [0.2, 0.25) is 0 Å². The van der Waals surface area contributed by atoms with Crippen molar-refractivity contribution in [2.24, 2.45) is 0 Å². The van der Waals surface area contributed by atoms with Gasteiger partial charge >= 0.3 is 0 Å². The molecule has 2 aromatic rings. The van der Waals surface area contributed by atoms with E-state index in [1.165, 1.54) is 9.96 Å². The summed E-state index contributed by atoms with van der Waals surface area (Å²) in [6.45, 7) is 3.54. The SMILES string of the molecule is CC(C)ON1C(=O)CN(C(=O)c2ccccc2)C1c1ccc(Cl)cc1Cl. The number of carbonyl (C=O) groups is 2. The molecule has 1 fully saturated rings. The van der Waals surface area contributed by atoms with Crippen molar-refractivity contribution in [3.63, 3.8) is 0 Å². The van der Waals surface area contributed by atoms with E-state index in [-0.39, 0.29) is 24.5 Å². The van der Waals surface area contributed by atoms with Gasteiger partial charge in [-0.15, -0.1) is 0 Å². The lowest BCUT2D eigenvalue weighted by Crippen LogP contribution is -2.37. The Hall–Kier alpha value is -2.08. The summed E-state index contributed by atoms with van der Waals surface area (Å²) in [6.07, 6.45) is -0.998. The summed E-state index contributed by atoms with van der Waals surface area (Å²) in [4.78, 5) is 32.7. The zero-order chi connectivity index (χ0) is 18.8. The van der Waals surface area contributed by atoms with E-state index < -0.39 is 6.17 Å². The highest BCUT2D eigenvalue weighted by atomic mass is 35.5. The Kier molecular flexibility index (Phi) is 5.51. The summed E-state index contributed by atoms with van der Waals surface area (Å²) in [5.41, 5.74) is 1.06. The fraction of sp³-hybridized carbons (Fsp3) is 0.263. The van der Waals surface area contributed by atoms with Crippen molar-refractivity contribution < 1.29 is 14.4 Å². The number of carbonyl (C=O) groups excluding carboxylic acids is 2. The van der Waals surface area contributed by atoms with Crippen LogP contribution in [0.1, 0.15) is 35.9 Å². The molecule has 26 heavy (non-hydrogen) atoms. The van der Waals surface area contributed by atoms with Gasteiger partial charge in [0, 0.05) is 21.2 Å². The second-order valence-corrected chi connectivity index (χ2v) is 7.06. The standard InChI is InChI=1S/C19H18Cl2N2O3/c1-12(2)26-23-17(24)11-22(19(25)13-6-4-3-5-7-13)18(23)15-9-8-14(20)10-16(15)21/h3-10,12,18H,11H2,1-2H3. The van der Waals surface area contributed by atoms with Gasteiger partial charge in [0.05, 0.1) is 6.10 Å². The van der Waals surface area contributed by atoms with Crippen molar-refractivity contribution >= 4 is 35.0 Å². The smallest absolute Gasteiger partial charge is 0.268 e. The minimum absolute atomic E-state index is 0.0932. The van der Waals surface area contributed by atoms with E-state index in [2.05, 4.69) is 0 Å². The first kappa shape index (κ1) is 18.7. The fourth-order valence-electron chi connectivity index (χ4n) is 2.84. The van der Waals surface area contributed by atoms with Gasteiger partial charge in [-0.3, -0.25) is 14.4 Å². The monoisotopic (exact) mass is 392 g/mol. The highest BCUT2D eigenvalue weighted by molar-refractivity contribution is 6.35. The molecule has 1 unspecified atom stereocenters. The van der Waals surface area contributed by atoms with Crippen LogP contribution in [0.4, 0.5) is 0 Å². The van der Waals surface area contributed by atoms with Crippen molar-refractivity contribution in [2.45, 2.75) is 26.1 Å². The number of nitrogens with zero attached hydrogens (tertiary/aromatic N) is 2. The predicted octanol–water partition coefficient (Wildman–Crippen LogP) is 4.32. The molecular formula is C19H18Cl2N2O3. The third-order valence-electron chi connectivity index (χ3n) is 3.92. The second kappa shape index (κ2) is 7.66. The fourth-order valence-corrected chi connectivity index (χ4v) is 3.35. The highest BCUT2D eigenvalue weighted by Crippen LogP contribution is 2.37. The number of rotatable bonds is 4. The van der Waals surface area contributed by atoms with Crippen molar-refractivity contribution in [1.29, 1.82) is 0 Å². The van der Waals surface area contributed by atoms with Crippen molar-refractivity contribution in [3.05, 3.63) is 69.7 Å². The maximum atomic E-state index is 13.0. The Morgan fingerprint density at radius 2 is 1.85 bits per heavy atom. The van der Waals surface area contributed by atoms with Crippen LogP contribution in [0.25, 0.3) is 0 Å². The Bertz CT molecular complexity index is 827. The van der Waals surface area contributed by atoms with E-state index in [1.54, 1.807) is 42.5 Å². The van der Waals surface area contributed by atoms with Gasteiger partial charge < -0.3 is 4.90 Å². The molecular weight excluding hydrogens is 375 g/mol. The van der Waals surface area contributed by atoms with Crippen LogP contribution in [0.3, 0.4) is 0 Å². The molecule has 1 aliphatic heterocycles. The number of amides is 2. The predicted molar refractivity (Wildman–Crippen MR) is 99.7 cm³/mol. The number of hydrogen-bond acceptors (Lipinski definition) is 3. The summed E-state index contributed by atoms with van der Waals surface area (Å²) in [7, 11) is 0. The third-order valence-corrected chi connectivity index (χ3v) is 4.48. The molecule has 1 atom stereocenters. The molecule has 0 aromatic heterocycles. The highest BCUT2D eigenvalue weighted by Gasteiger charge is 2.44. The zero-order valence-corrected chi connectivity index (χ0v) is 15.9. The largest absolute Gasteiger partial charge is 0.302 e. The quantitative estimate of drug-likeness (QED) is 0.778. The van der Waals surface area contributed by atoms with Gasteiger partial charge in [-0.05, 0) is 38.1 Å². The number of benzene rings is 2. The van der Waals surface area contributed by atoms with Crippen LogP contribution in [0.5, 0.6) is 0 Å². The number of hydroxylamine groups is 2. The molecule has 1 heterocycles. The van der Waals surface area contributed by atoms with Crippen LogP contribution in [-0.2, 0) is 9.63 Å². The molecule has 5 nitrogen and oxygen atoms in total. The van der Waals surface area contributed by atoms with Crippen molar-refractivity contribution in [2.75, 3.05) is 6.54 Å². The summed E-state index contributed by atoms with van der Waals surface area (Å²) < 4.78 is 0. The van der Waals surface area contributed by atoms with E-state index in [0.717, 1.165) is 0 Å². The van der Waals surface area contributed by atoms with Gasteiger partial charge in [0.25, 0.3) is 11.8 Å². The molecule has 0 bridgehead atoms. The van der Waals surface area contributed by atoms with Crippen LogP contribution in [0, 0.1) is 0 Å². The first-order chi connectivity index (χ1) is 12.4. The van der Waals surface area contributed by atoms with E-state index >= 15 is 0 Å². The van der Waals surface area contributed by atoms with E-state index in [1.807, 2.05) is 19.9 Å². The first-order valence-corrected chi connectivity index (χ1v) is 8.94. The summed E-state index contributed by atoms with van der Waals surface area (Å²) >= 11 is 12.4. The Labute approximate surface area is 162 Å². The molecule has 0 saturated carbocycles. The topological polar surface area (TPSA) is 49.9 Å². The molecule has 136 valence electrons. The third kappa shape index (κ3) is 3.70. The average molecular weight is 393 g/mol. The van der Waals surface area contributed by atoms with Crippen LogP contribution in [-0.4, -0.2) is 34.4 Å². The van der Waals surface area contributed by atoms with Crippen LogP contribution in [0.15, 0.2) is 48.5 Å². The number of halogens is 2. The summed E-state index contributed by atoms with van der Waals surface area (Å²) in [5.74, 6) is -0.580. The minimum atomic E-state index is -0.762. The first-order valence-electron chi connectivity index (χ1n) is 8.18. The van der Waals surface area contributed by atoms with Gasteiger partial charge in [-0.2, -0.15) is 5.06 Å².